The maximum absolute atomic E-state index is 12.7. The molecule has 0 amide bonds. The largest absolute Gasteiger partial charge is 0.418 e. The molecule has 3 nitrogen and oxygen atoms in total. The number of rotatable bonds is 6. The van der Waals surface area contributed by atoms with E-state index in [0.29, 0.717) is 12.8 Å². The molecule has 0 saturated carbocycles. The van der Waals surface area contributed by atoms with Gasteiger partial charge < -0.3 is 10.4 Å². The van der Waals surface area contributed by atoms with Gasteiger partial charge in [0, 0.05) is 25.4 Å². The first-order valence-corrected chi connectivity index (χ1v) is 5.80. The zero-order valence-electron chi connectivity index (χ0n) is 10.2. The van der Waals surface area contributed by atoms with Crippen molar-refractivity contribution in [3.63, 3.8) is 0 Å². The number of nitrogens with one attached hydrogen (secondary N) is 1. The maximum Gasteiger partial charge on any atom is 0.418 e. The quantitative estimate of drug-likeness (QED) is 0.827. The second-order valence-electron chi connectivity index (χ2n) is 4.14. The molecule has 0 radical (unpaired) electrons. The summed E-state index contributed by atoms with van der Waals surface area (Å²) in [6.45, 7) is 2.03. The highest BCUT2D eigenvalue weighted by Crippen LogP contribution is 2.30. The van der Waals surface area contributed by atoms with Gasteiger partial charge in [0.1, 0.15) is 0 Å². The van der Waals surface area contributed by atoms with E-state index in [2.05, 4.69) is 10.3 Å². The molecule has 102 valence electrons. The first kappa shape index (κ1) is 14.9. The molecule has 0 saturated heterocycles. The topological polar surface area (TPSA) is 45.1 Å². The van der Waals surface area contributed by atoms with Gasteiger partial charge in [-0.15, -0.1) is 0 Å². The minimum atomic E-state index is -4.38. The Bertz CT molecular complexity index is 369. The Morgan fingerprint density at radius 2 is 2.17 bits per heavy atom. The fourth-order valence-corrected chi connectivity index (χ4v) is 1.61. The molecule has 1 atom stereocenters. The van der Waals surface area contributed by atoms with Crippen LogP contribution in [0.3, 0.4) is 0 Å². The summed E-state index contributed by atoms with van der Waals surface area (Å²) < 4.78 is 38.0. The predicted molar refractivity (Wildman–Crippen MR) is 61.9 cm³/mol. The van der Waals surface area contributed by atoms with Crippen molar-refractivity contribution < 1.29 is 18.3 Å². The number of nitrogens with zero attached hydrogens (tertiary/aromatic N) is 1. The van der Waals surface area contributed by atoms with Crippen LogP contribution in [0.15, 0.2) is 18.3 Å². The predicted octanol–water partition coefficient (Wildman–Crippen LogP) is 2.35. The van der Waals surface area contributed by atoms with Crippen molar-refractivity contribution in [1.82, 2.24) is 10.3 Å². The molecule has 0 aliphatic rings. The minimum absolute atomic E-state index is 0.000786. The summed E-state index contributed by atoms with van der Waals surface area (Å²) in [4.78, 5) is 3.77. The van der Waals surface area contributed by atoms with E-state index in [-0.39, 0.29) is 24.9 Å². The minimum Gasteiger partial charge on any atom is -0.396 e. The number of aromatic nitrogens is 1. The monoisotopic (exact) mass is 262 g/mol. The van der Waals surface area contributed by atoms with Crippen molar-refractivity contribution in [1.29, 1.82) is 0 Å². The molecule has 1 rings (SSSR count). The van der Waals surface area contributed by atoms with Gasteiger partial charge in [0.25, 0.3) is 0 Å². The average Bonchev–Trinajstić information content (AvgIpc) is 2.33. The SMILES string of the molecule is CC(CCCO)NCc1ncccc1C(F)(F)F. The number of pyridine rings is 1. The van der Waals surface area contributed by atoms with E-state index in [4.69, 9.17) is 5.11 Å². The third-order valence-electron chi connectivity index (χ3n) is 2.61. The number of alkyl halides is 3. The van der Waals surface area contributed by atoms with Gasteiger partial charge >= 0.3 is 6.18 Å². The molecule has 0 aliphatic heterocycles. The fraction of sp³-hybridized carbons (Fsp3) is 0.583. The average molecular weight is 262 g/mol. The third-order valence-corrected chi connectivity index (χ3v) is 2.61. The van der Waals surface area contributed by atoms with E-state index in [1.165, 1.54) is 12.3 Å². The summed E-state index contributed by atoms with van der Waals surface area (Å²) in [7, 11) is 0. The summed E-state index contributed by atoms with van der Waals surface area (Å²) in [6, 6.07) is 2.35. The van der Waals surface area contributed by atoms with E-state index in [1.54, 1.807) is 0 Å². The first-order valence-electron chi connectivity index (χ1n) is 5.80. The van der Waals surface area contributed by atoms with E-state index in [0.717, 1.165) is 6.07 Å². The van der Waals surface area contributed by atoms with Gasteiger partial charge in [0.15, 0.2) is 0 Å². The Morgan fingerprint density at radius 1 is 1.44 bits per heavy atom. The van der Waals surface area contributed by atoms with Gasteiger partial charge in [-0.25, -0.2) is 0 Å². The van der Waals surface area contributed by atoms with Crippen LogP contribution in [0.5, 0.6) is 0 Å². The van der Waals surface area contributed by atoms with Crippen LogP contribution in [0.4, 0.5) is 13.2 Å². The lowest BCUT2D eigenvalue weighted by Crippen LogP contribution is -2.27. The summed E-state index contributed by atoms with van der Waals surface area (Å²) in [6.07, 6.45) is -1.68. The van der Waals surface area contributed by atoms with E-state index < -0.39 is 11.7 Å². The van der Waals surface area contributed by atoms with Gasteiger partial charge in [-0.2, -0.15) is 13.2 Å². The zero-order valence-corrected chi connectivity index (χ0v) is 10.2. The second kappa shape index (κ2) is 6.70. The van der Waals surface area contributed by atoms with E-state index >= 15 is 0 Å². The Balaban J connectivity index is 2.62. The highest BCUT2D eigenvalue weighted by Gasteiger charge is 2.33. The highest BCUT2D eigenvalue weighted by atomic mass is 19.4. The molecule has 0 bridgehead atoms. The van der Waals surface area contributed by atoms with Crippen LogP contribution in [-0.2, 0) is 12.7 Å². The molecule has 0 aromatic carbocycles. The lowest BCUT2D eigenvalue weighted by atomic mass is 10.1. The van der Waals surface area contributed by atoms with Crippen molar-refractivity contribution in [2.24, 2.45) is 0 Å². The molecule has 0 aliphatic carbocycles. The van der Waals surface area contributed by atoms with Gasteiger partial charge in [0.2, 0.25) is 0 Å². The number of hydrogen-bond donors (Lipinski definition) is 2. The van der Waals surface area contributed by atoms with Crippen LogP contribution < -0.4 is 5.32 Å². The Kier molecular flexibility index (Phi) is 5.55. The molecule has 2 N–H and O–H groups in total. The van der Waals surface area contributed by atoms with E-state index in [9.17, 15) is 13.2 Å². The first-order chi connectivity index (χ1) is 8.45. The van der Waals surface area contributed by atoms with Crippen LogP contribution >= 0.6 is 0 Å². The standard InChI is InChI=1S/C12H17F3N2O/c1-9(4-3-7-18)17-8-11-10(12(13,14)15)5-2-6-16-11/h2,5-6,9,17-18H,3-4,7-8H2,1H3. The fourth-order valence-electron chi connectivity index (χ4n) is 1.61. The summed E-state index contributed by atoms with van der Waals surface area (Å²) in [5.74, 6) is 0. The van der Waals surface area contributed by atoms with Crippen molar-refractivity contribution in [2.45, 2.75) is 38.5 Å². The molecule has 0 fully saturated rings. The van der Waals surface area contributed by atoms with Gasteiger partial charge in [-0.3, -0.25) is 4.98 Å². The van der Waals surface area contributed by atoms with Crippen LogP contribution in [-0.4, -0.2) is 22.7 Å². The van der Waals surface area contributed by atoms with Crippen molar-refractivity contribution >= 4 is 0 Å². The molecule has 1 aromatic rings. The Hall–Kier alpha value is -1.14. The van der Waals surface area contributed by atoms with Crippen LogP contribution in [0.1, 0.15) is 31.0 Å². The van der Waals surface area contributed by atoms with Crippen molar-refractivity contribution in [3.8, 4) is 0 Å². The summed E-state index contributed by atoms with van der Waals surface area (Å²) in [5, 5.41) is 11.6. The molecular formula is C12H17F3N2O. The lowest BCUT2D eigenvalue weighted by Gasteiger charge is -2.15. The second-order valence-corrected chi connectivity index (χ2v) is 4.14. The number of hydrogen-bond acceptors (Lipinski definition) is 3. The summed E-state index contributed by atoms with van der Waals surface area (Å²) in [5.41, 5.74) is -0.701. The molecular weight excluding hydrogens is 245 g/mol. The van der Waals surface area contributed by atoms with Gasteiger partial charge in [-0.1, -0.05) is 0 Å². The van der Waals surface area contributed by atoms with Crippen molar-refractivity contribution in [3.05, 3.63) is 29.6 Å². The lowest BCUT2D eigenvalue weighted by molar-refractivity contribution is -0.138. The molecule has 1 heterocycles. The van der Waals surface area contributed by atoms with Crippen LogP contribution in [0, 0.1) is 0 Å². The molecule has 1 unspecified atom stereocenters. The van der Waals surface area contributed by atoms with Crippen LogP contribution in [0.25, 0.3) is 0 Å². The molecule has 18 heavy (non-hydrogen) atoms. The zero-order chi connectivity index (χ0) is 13.6. The smallest absolute Gasteiger partial charge is 0.396 e. The van der Waals surface area contributed by atoms with Crippen LogP contribution in [0.2, 0.25) is 0 Å². The maximum atomic E-state index is 12.7. The molecule has 0 spiro atoms. The Morgan fingerprint density at radius 3 is 2.78 bits per heavy atom. The Labute approximate surface area is 104 Å². The number of aliphatic hydroxyl groups is 1. The summed E-state index contributed by atoms with van der Waals surface area (Å²) >= 11 is 0. The molecule has 6 heteroatoms. The third kappa shape index (κ3) is 4.62. The van der Waals surface area contributed by atoms with Crippen molar-refractivity contribution in [2.75, 3.05) is 6.61 Å². The molecule has 1 aromatic heterocycles. The number of halogens is 3. The van der Waals surface area contributed by atoms with E-state index in [1.807, 2.05) is 6.92 Å². The van der Waals surface area contributed by atoms with Gasteiger partial charge in [0.05, 0.1) is 11.3 Å². The normalized spacial score (nSPS) is 13.6. The van der Waals surface area contributed by atoms with Gasteiger partial charge in [-0.05, 0) is 31.9 Å². The number of aliphatic hydroxyl groups excluding tert-OH is 1. The highest BCUT2D eigenvalue weighted by molar-refractivity contribution is 5.22.